The molecule has 0 heterocycles. The number of hydrogen-bond donors (Lipinski definition) is 3. The summed E-state index contributed by atoms with van der Waals surface area (Å²) in [6.07, 6.45) is -2.55. The monoisotopic (exact) mass is 234 g/mol. The zero-order valence-corrected chi connectivity index (χ0v) is 6.77. The Bertz CT molecular complexity index is 250. The van der Waals surface area contributed by atoms with Gasteiger partial charge in [-0.25, -0.2) is 4.79 Å². The number of hydrogen-bond acceptors (Lipinski definition) is 4. The fourth-order valence-corrected chi connectivity index (χ4v) is 0.790. The molecule has 7 nitrogen and oxygen atoms in total. The molecule has 0 unspecified atom stereocenters. The van der Waals surface area contributed by atoms with Crippen molar-refractivity contribution in [3.05, 3.63) is 0 Å². The van der Waals surface area contributed by atoms with Gasteiger partial charge in [0.15, 0.2) is 0 Å². The summed E-state index contributed by atoms with van der Waals surface area (Å²) in [6, 6.07) is 0. The summed E-state index contributed by atoms with van der Waals surface area (Å²) >= 11 is 0. The second kappa shape index (κ2) is 6.72. The Morgan fingerprint density at radius 1 is 1.07 bits per heavy atom. The molecule has 0 aromatic rings. The van der Waals surface area contributed by atoms with E-state index in [1.54, 1.807) is 0 Å². The Hall–Kier alpha value is -0.700. The first-order valence-electron chi connectivity index (χ1n) is 3.31. The topological polar surface area (TPSA) is 121 Å². The summed E-state index contributed by atoms with van der Waals surface area (Å²) in [5.74, 6) is -5.33. The molecule has 15 heavy (non-hydrogen) atoms. The Kier molecular flexibility index (Phi) is 7.49. The third kappa shape index (κ3) is 5.07. The van der Waals surface area contributed by atoms with Gasteiger partial charge in [-0.2, -0.15) is 4.94 Å². The second-order valence-electron chi connectivity index (χ2n) is 2.52. The average Bonchev–Trinajstić information content (AvgIpc) is 2.00. The second-order valence-corrected chi connectivity index (χ2v) is 2.52. The van der Waals surface area contributed by atoms with Gasteiger partial charge in [-0.15, -0.1) is 0 Å². The van der Waals surface area contributed by atoms with Crippen LogP contribution in [0.25, 0.3) is 0 Å². The van der Waals surface area contributed by atoms with Crippen molar-refractivity contribution in [2.24, 2.45) is 0 Å². The number of carboxylic acid groups (broad SMARTS) is 3. The van der Waals surface area contributed by atoms with E-state index in [1.807, 2.05) is 0 Å². The third-order valence-corrected chi connectivity index (χ3v) is 1.41. The van der Waals surface area contributed by atoms with Crippen LogP contribution in [0.1, 0.15) is 12.8 Å². The average molecular weight is 234 g/mol. The minimum absolute atomic E-state index is 0. The molecule has 82 valence electrons. The summed E-state index contributed by atoms with van der Waals surface area (Å²) in [6.45, 7) is 0. The van der Waals surface area contributed by atoms with Gasteiger partial charge in [0.1, 0.15) is 0 Å². The van der Waals surface area contributed by atoms with Gasteiger partial charge in [0.05, 0.1) is 12.8 Å². The number of carbonyl (C=O) groups is 3. The third-order valence-electron chi connectivity index (χ3n) is 1.41. The minimum atomic E-state index is -2.86. The van der Waals surface area contributed by atoms with Crippen LogP contribution in [0.2, 0.25) is 0 Å². The van der Waals surface area contributed by atoms with Crippen LogP contribution < -0.4 is 0 Å². The predicted molar refractivity (Wildman–Crippen MR) is 44.2 cm³/mol. The van der Waals surface area contributed by atoms with Crippen LogP contribution in [0.15, 0.2) is 0 Å². The molecule has 0 amide bonds. The van der Waals surface area contributed by atoms with E-state index in [0.29, 0.717) is 0 Å². The van der Waals surface area contributed by atoms with E-state index < -0.39 is 36.4 Å². The van der Waals surface area contributed by atoms with Crippen molar-refractivity contribution in [2.75, 3.05) is 0 Å². The zero-order chi connectivity index (χ0) is 11.4. The molecule has 0 aliphatic heterocycles. The molecule has 0 aliphatic rings. The fourth-order valence-electron chi connectivity index (χ4n) is 0.790. The van der Waals surface area contributed by atoms with Gasteiger partial charge >= 0.3 is 47.5 Å². The molecule has 0 atom stereocenters. The van der Waals surface area contributed by atoms with Crippen molar-refractivity contribution in [3.63, 3.8) is 0 Å². The fraction of sp³-hybridized carbons (Fsp3) is 0.500. The summed E-state index contributed by atoms with van der Waals surface area (Å²) in [5, 5.41) is 24.9. The van der Waals surface area contributed by atoms with Crippen molar-refractivity contribution in [1.29, 1.82) is 0 Å². The first-order valence-corrected chi connectivity index (χ1v) is 3.31. The summed E-state index contributed by atoms with van der Waals surface area (Å²) in [4.78, 5) is 33.7. The first kappa shape index (κ1) is 16.7. The maximum atomic E-state index is 11.9. The van der Waals surface area contributed by atoms with E-state index >= 15 is 0 Å². The quantitative estimate of drug-likeness (QED) is 0.504. The van der Waals surface area contributed by atoms with E-state index in [-0.39, 0.29) is 29.6 Å². The van der Waals surface area contributed by atoms with Crippen molar-refractivity contribution >= 4 is 47.5 Å². The van der Waals surface area contributed by atoms with Crippen molar-refractivity contribution in [1.82, 2.24) is 0 Å². The van der Waals surface area contributed by atoms with Gasteiger partial charge < -0.3 is 15.3 Å². The van der Waals surface area contributed by atoms with Crippen molar-refractivity contribution in [2.45, 2.75) is 18.4 Å². The van der Waals surface area contributed by atoms with Crippen LogP contribution in [-0.2, 0) is 19.3 Å². The molecule has 0 rings (SSSR count). The van der Waals surface area contributed by atoms with E-state index in [9.17, 15) is 18.9 Å². The molecule has 0 bridgehead atoms. The van der Waals surface area contributed by atoms with Gasteiger partial charge in [0, 0.05) is 0 Å². The molecule has 0 radical (unpaired) electrons. The van der Waals surface area contributed by atoms with E-state index in [1.165, 1.54) is 0 Å². The van der Waals surface area contributed by atoms with Gasteiger partial charge in [-0.3, -0.25) is 9.59 Å². The number of halogens is 1. The van der Waals surface area contributed by atoms with Crippen molar-refractivity contribution in [3.8, 4) is 0 Å². The number of carboxylic acids is 3. The van der Waals surface area contributed by atoms with Crippen LogP contribution in [0, 0.1) is 0 Å². The Morgan fingerprint density at radius 3 is 1.53 bits per heavy atom. The summed E-state index contributed by atoms with van der Waals surface area (Å²) < 4.78 is 11.9. The number of rotatable bonds is 6. The SMILES string of the molecule is O=C(O)CC(CC(=O)O)(OF)C(=O)O.[NaH]. The molecule has 0 saturated heterocycles. The molecule has 3 N–H and O–H groups in total. The van der Waals surface area contributed by atoms with E-state index in [0.717, 1.165) is 0 Å². The van der Waals surface area contributed by atoms with Crippen LogP contribution in [0.3, 0.4) is 0 Å². The normalized spacial score (nSPS) is 10.2. The summed E-state index contributed by atoms with van der Waals surface area (Å²) in [5.41, 5.74) is -2.86. The number of aliphatic carboxylic acids is 3. The predicted octanol–water partition coefficient (Wildman–Crippen LogP) is -0.988. The van der Waals surface area contributed by atoms with Crippen LogP contribution in [0.5, 0.6) is 0 Å². The van der Waals surface area contributed by atoms with Gasteiger partial charge in [-0.05, 0) is 4.53 Å². The molecular formula is C6H8FNaO7. The molecule has 0 aromatic heterocycles. The Labute approximate surface area is 105 Å². The maximum absolute atomic E-state index is 11.9. The van der Waals surface area contributed by atoms with Crippen LogP contribution >= 0.6 is 0 Å². The van der Waals surface area contributed by atoms with Crippen molar-refractivity contribution < 1.29 is 39.2 Å². The van der Waals surface area contributed by atoms with Crippen LogP contribution in [-0.4, -0.2) is 68.4 Å². The molecule has 0 spiro atoms. The molecule has 0 aliphatic carbocycles. The van der Waals surface area contributed by atoms with Crippen LogP contribution in [0.4, 0.5) is 4.53 Å². The molecule has 0 aromatic carbocycles. The van der Waals surface area contributed by atoms with E-state index in [4.69, 9.17) is 15.3 Å². The van der Waals surface area contributed by atoms with Gasteiger partial charge in [-0.1, -0.05) is 0 Å². The standard InChI is InChI=1S/C6H7FO7.Na.H/c7-14-6(5(12)13,1-3(8)9)2-4(10)11;;/h1-2H2,(H,8,9)(H,10,11)(H,12,13);;. The Balaban J connectivity index is 0. The molecular weight excluding hydrogens is 226 g/mol. The Morgan fingerprint density at radius 2 is 1.40 bits per heavy atom. The molecule has 0 saturated carbocycles. The molecule has 0 fully saturated rings. The first-order chi connectivity index (χ1) is 6.34. The zero-order valence-electron chi connectivity index (χ0n) is 6.77. The van der Waals surface area contributed by atoms with E-state index in [2.05, 4.69) is 4.94 Å². The van der Waals surface area contributed by atoms with Gasteiger partial charge in [0.2, 0.25) is 5.60 Å². The van der Waals surface area contributed by atoms with Gasteiger partial charge in [0.25, 0.3) is 0 Å². The summed E-state index contributed by atoms with van der Waals surface area (Å²) in [7, 11) is 0. The molecule has 9 heteroatoms.